The van der Waals surface area contributed by atoms with Crippen LogP contribution in [0.3, 0.4) is 0 Å². The molecule has 1 saturated heterocycles. The predicted octanol–water partition coefficient (Wildman–Crippen LogP) is 0.758. The molecule has 5 nitrogen and oxygen atoms in total. The van der Waals surface area contributed by atoms with Crippen LogP contribution >= 0.6 is 0 Å². The highest BCUT2D eigenvalue weighted by Gasteiger charge is 2.15. The molecule has 0 aliphatic carbocycles. The molecule has 1 aromatic rings. The molecule has 2 heterocycles. The SMILES string of the molecule is Cc1cc(C)n(CC(=O)NC2CCCCNC2)n1. The molecule has 0 saturated carbocycles. The van der Waals surface area contributed by atoms with Crippen LogP contribution in [-0.2, 0) is 11.3 Å². The summed E-state index contributed by atoms with van der Waals surface area (Å²) in [5.74, 6) is 0.0508. The van der Waals surface area contributed by atoms with Crippen molar-refractivity contribution in [2.24, 2.45) is 0 Å². The fourth-order valence-corrected chi connectivity index (χ4v) is 2.39. The molecule has 1 aliphatic heterocycles. The summed E-state index contributed by atoms with van der Waals surface area (Å²) in [5, 5.41) is 10.7. The molecule has 1 unspecified atom stereocenters. The molecule has 0 bridgehead atoms. The second kappa shape index (κ2) is 6.00. The Kier molecular flexibility index (Phi) is 4.36. The summed E-state index contributed by atoms with van der Waals surface area (Å²) in [6.45, 7) is 6.17. The van der Waals surface area contributed by atoms with Crippen molar-refractivity contribution in [1.82, 2.24) is 20.4 Å². The number of amides is 1. The van der Waals surface area contributed by atoms with E-state index in [0.29, 0.717) is 6.54 Å². The third kappa shape index (κ3) is 3.57. The highest BCUT2D eigenvalue weighted by atomic mass is 16.2. The van der Waals surface area contributed by atoms with Gasteiger partial charge in [-0.2, -0.15) is 5.10 Å². The van der Waals surface area contributed by atoms with Crippen LogP contribution in [0.25, 0.3) is 0 Å². The maximum Gasteiger partial charge on any atom is 0.242 e. The van der Waals surface area contributed by atoms with Gasteiger partial charge in [0.2, 0.25) is 5.91 Å². The number of hydrogen-bond acceptors (Lipinski definition) is 3. The van der Waals surface area contributed by atoms with Gasteiger partial charge in [-0.05, 0) is 39.3 Å². The number of carbonyl (C=O) groups is 1. The van der Waals surface area contributed by atoms with E-state index in [-0.39, 0.29) is 11.9 Å². The van der Waals surface area contributed by atoms with E-state index < -0.39 is 0 Å². The van der Waals surface area contributed by atoms with Crippen molar-refractivity contribution in [2.45, 2.75) is 45.7 Å². The quantitative estimate of drug-likeness (QED) is 0.832. The molecule has 18 heavy (non-hydrogen) atoms. The second-order valence-corrected chi connectivity index (χ2v) is 5.05. The van der Waals surface area contributed by atoms with E-state index in [4.69, 9.17) is 0 Å². The average molecular weight is 250 g/mol. The summed E-state index contributed by atoms with van der Waals surface area (Å²) in [7, 11) is 0. The predicted molar refractivity (Wildman–Crippen MR) is 70.4 cm³/mol. The molecule has 100 valence electrons. The fraction of sp³-hybridized carbons (Fsp3) is 0.692. The normalized spacial score (nSPS) is 20.4. The fourth-order valence-electron chi connectivity index (χ4n) is 2.39. The number of nitrogens with one attached hydrogen (secondary N) is 2. The van der Waals surface area contributed by atoms with Crippen LogP contribution in [-0.4, -0.2) is 34.8 Å². The topological polar surface area (TPSA) is 59.0 Å². The first-order valence-electron chi connectivity index (χ1n) is 6.66. The lowest BCUT2D eigenvalue weighted by molar-refractivity contribution is -0.122. The van der Waals surface area contributed by atoms with Gasteiger partial charge in [0, 0.05) is 18.3 Å². The van der Waals surface area contributed by atoms with Gasteiger partial charge in [-0.15, -0.1) is 0 Å². The first-order chi connectivity index (χ1) is 8.65. The van der Waals surface area contributed by atoms with Crippen molar-refractivity contribution >= 4 is 5.91 Å². The summed E-state index contributed by atoms with van der Waals surface area (Å²) in [5.41, 5.74) is 1.98. The third-order valence-corrected chi connectivity index (χ3v) is 3.31. The zero-order valence-electron chi connectivity index (χ0n) is 11.2. The van der Waals surface area contributed by atoms with Crippen LogP contribution in [0.2, 0.25) is 0 Å². The largest absolute Gasteiger partial charge is 0.350 e. The van der Waals surface area contributed by atoms with Crippen LogP contribution in [0.15, 0.2) is 6.07 Å². The monoisotopic (exact) mass is 250 g/mol. The Hall–Kier alpha value is -1.36. The first kappa shape index (κ1) is 13.1. The van der Waals surface area contributed by atoms with Crippen LogP contribution in [0.1, 0.15) is 30.7 Å². The van der Waals surface area contributed by atoms with Gasteiger partial charge in [0.25, 0.3) is 0 Å². The molecule has 5 heteroatoms. The molecule has 1 amide bonds. The van der Waals surface area contributed by atoms with E-state index in [1.807, 2.05) is 19.9 Å². The summed E-state index contributed by atoms with van der Waals surface area (Å²) in [6, 6.07) is 2.25. The van der Waals surface area contributed by atoms with Crippen LogP contribution in [0.5, 0.6) is 0 Å². The zero-order valence-corrected chi connectivity index (χ0v) is 11.2. The van der Waals surface area contributed by atoms with Crippen LogP contribution in [0.4, 0.5) is 0 Å². The van der Waals surface area contributed by atoms with Gasteiger partial charge in [-0.25, -0.2) is 0 Å². The molecule has 2 rings (SSSR count). The molecule has 0 aromatic carbocycles. The molecule has 1 atom stereocenters. The Bertz CT molecular complexity index is 405. The number of aryl methyl sites for hydroxylation is 2. The summed E-state index contributed by atoms with van der Waals surface area (Å²) in [4.78, 5) is 12.0. The van der Waals surface area contributed by atoms with Crippen molar-refractivity contribution in [3.05, 3.63) is 17.5 Å². The lowest BCUT2D eigenvalue weighted by Gasteiger charge is -2.16. The van der Waals surface area contributed by atoms with Gasteiger partial charge in [-0.3, -0.25) is 9.48 Å². The minimum Gasteiger partial charge on any atom is -0.350 e. The number of carbonyl (C=O) groups excluding carboxylic acids is 1. The molecule has 2 N–H and O–H groups in total. The minimum atomic E-state index is 0.0508. The summed E-state index contributed by atoms with van der Waals surface area (Å²) in [6.07, 6.45) is 3.44. The van der Waals surface area contributed by atoms with Crippen LogP contribution in [0, 0.1) is 13.8 Å². The van der Waals surface area contributed by atoms with Crippen LogP contribution < -0.4 is 10.6 Å². The third-order valence-electron chi connectivity index (χ3n) is 3.31. The lowest BCUT2D eigenvalue weighted by Crippen LogP contribution is -2.42. The van der Waals surface area contributed by atoms with Crippen molar-refractivity contribution in [1.29, 1.82) is 0 Å². The van der Waals surface area contributed by atoms with E-state index >= 15 is 0 Å². The van der Waals surface area contributed by atoms with Crippen molar-refractivity contribution < 1.29 is 4.79 Å². The Labute approximate surface area is 108 Å². The standard InChI is InChI=1S/C13H22N4O/c1-10-7-11(2)17(16-10)9-13(18)15-12-5-3-4-6-14-8-12/h7,12,14H,3-6,8-9H2,1-2H3,(H,15,18). The maximum absolute atomic E-state index is 12.0. The summed E-state index contributed by atoms with van der Waals surface area (Å²) >= 11 is 0. The van der Waals surface area contributed by atoms with Gasteiger partial charge in [-0.1, -0.05) is 6.42 Å². The number of nitrogens with zero attached hydrogens (tertiary/aromatic N) is 2. The van der Waals surface area contributed by atoms with Crippen molar-refractivity contribution in [3.63, 3.8) is 0 Å². The molecular formula is C13H22N4O. The van der Waals surface area contributed by atoms with Crippen molar-refractivity contribution in [2.75, 3.05) is 13.1 Å². The minimum absolute atomic E-state index is 0.0508. The summed E-state index contributed by atoms with van der Waals surface area (Å²) < 4.78 is 1.76. The van der Waals surface area contributed by atoms with Gasteiger partial charge in [0.05, 0.1) is 5.69 Å². The number of hydrogen-bond donors (Lipinski definition) is 2. The first-order valence-corrected chi connectivity index (χ1v) is 6.66. The zero-order chi connectivity index (χ0) is 13.0. The average Bonchev–Trinajstić information content (AvgIpc) is 2.54. The highest BCUT2D eigenvalue weighted by Crippen LogP contribution is 2.05. The van der Waals surface area contributed by atoms with Gasteiger partial charge in [0.1, 0.15) is 6.54 Å². The van der Waals surface area contributed by atoms with E-state index in [2.05, 4.69) is 15.7 Å². The lowest BCUT2D eigenvalue weighted by atomic mass is 10.1. The van der Waals surface area contributed by atoms with E-state index in [1.54, 1.807) is 4.68 Å². The number of aromatic nitrogens is 2. The van der Waals surface area contributed by atoms with Gasteiger partial charge < -0.3 is 10.6 Å². The Morgan fingerprint density at radius 1 is 1.56 bits per heavy atom. The van der Waals surface area contributed by atoms with Gasteiger partial charge >= 0.3 is 0 Å². The molecular weight excluding hydrogens is 228 g/mol. The Morgan fingerprint density at radius 3 is 3.11 bits per heavy atom. The highest BCUT2D eigenvalue weighted by molar-refractivity contribution is 5.76. The Balaban J connectivity index is 1.86. The molecule has 0 spiro atoms. The van der Waals surface area contributed by atoms with E-state index in [1.165, 1.54) is 12.8 Å². The van der Waals surface area contributed by atoms with E-state index in [0.717, 1.165) is 30.9 Å². The Morgan fingerprint density at radius 2 is 2.39 bits per heavy atom. The molecule has 0 radical (unpaired) electrons. The smallest absolute Gasteiger partial charge is 0.242 e. The number of rotatable bonds is 3. The maximum atomic E-state index is 12.0. The molecule has 1 fully saturated rings. The van der Waals surface area contributed by atoms with Crippen molar-refractivity contribution in [3.8, 4) is 0 Å². The second-order valence-electron chi connectivity index (χ2n) is 5.05. The molecule has 1 aromatic heterocycles. The molecule has 1 aliphatic rings. The van der Waals surface area contributed by atoms with E-state index in [9.17, 15) is 4.79 Å². The van der Waals surface area contributed by atoms with Gasteiger partial charge in [0.15, 0.2) is 0 Å².